The summed E-state index contributed by atoms with van der Waals surface area (Å²) >= 11 is 0. The molecule has 0 spiro atoms. The first-order valence-corrected chi connectivity index (χ1v) is 10.7. The highest BCUT2D eigenvalue weighted by Crippen LogP contribution is 2.41. The number of Topliss-reactive ketones (excluding diaryl/α,β-unsaturated/α-hetero) is 1. The number of dihydropyridines is 1. The number of ether oxygens (including phenoxy) is 1. The fourth-order valence-corrected chi connectivity index (χ4v) is 3.60. The molecule has 6 heteroatoms. The predicted molar refractivity (Wildman–Crippen MR) is 125 cm³/mol. The Labute approximate surface area is 189 Å². The molecule has 1 aliphatic carbocycles. The van der Waals surface area contributed by atoms with E-state index in [1.807, 2.05) is 19.9 Å². The maximum absolute atomic E-state index is 13.3. The van der Waals surface area contributed by atoms with Crippen LogP contribution < -0.4 is 11.1 Å². The van der Waals surface area contributed by atoms with Gasteiger partial charge in [0.15, 0.2) is 5.78 Å². The van der Waals surface area contributed by atoms with Gasteiger partial charge in [-0.05, 0) is 43.9 Å². The van der Waals surface area contributed by atoms with Crippen LogP contribution in [0.2, 0.25) is 0 Å². The number of ketones is 1. The van der Waals surface area contributed by atoms with Crippen LogP contribution in [0, 0.1) is 5.82 Å². The van der Waals surface area contributed by atoms with Crippen LogP contribution in [0.15, 0.2) is 83.9 Å². The molecule has 3 N–H and O–H groups in total. The number of nitrogens with two attached hydrogens (primary N) is 1. The molecule has 1 aromatic rings. The molecular weight excluding hydrogens is 407 g/mol. The van der Waals surface area contributed by atoms with E-state index in [2.05, 4.69) is 18.5 Å². The van der Waals surface area contributed by atoms with Gasteiger partial charge in [0.05, 0.1) is 18.1 Å². The third-order valence-electron chi connectivity index (χ3n) is 5.17. The molecule has 1 unspecified atom stereocenters. The van der Waals surface area contributed by atoms with Gasteiger partial charge in [-0.15, -0.1) is 0 Å². The van der Waals surface area contributed by atoms with Gasteiger partial charge in [0, 0.05) is 17.7 Å². The second-order valence-corrected chi connectivity index (χ2v) is 7.59. The molecule has 5 nitrogen and oxygen atoms in total. The first kappa shape index (κ1) is 24.9. The molecule has 0 radical (unpaired) electrons. The molecular formula is C26H31FN2O3. The number of halogens is 1. The van der Waals surface area contributed by atoms with Gasteiger partial charge in [-0.3, -0.25) is 4.79 Å². The van der Waals surface area contributed by atoms with Gasteiger partial charge < -0.3 is 15.8 Å². The Bertz CT molecular complexity index is 971. The highest BCUT2D eigenvalue weighted by atomic mass is 19.1. The summed E-state index contributed by atoms with van der Waals surface area (Å²) in [5.41, 5.74) is 9.41. The largest absolute Gasteiger partial charge is 0.462 e. The standard InChI is InChI=1S/C19H21FN2O3.C7H10/c1-2-10-25-19(24)17-15(11-6-8-12(20)9-7-11)16-13(22-18(17)21)4-3-5-14(16)23;1-4-6-7(3)5-2/h6-9,15,22H,2-5,10,21H2,1H3;4-6H,1-2H2,3H3/b;7-6-. The van der Waals surface area contributed by atoms with Gasteiger partial charge in [-0.25, -0.2) is 9.18 Å². The predicted octanol–water partition coefficient (Wildman–Crippen LogP) is 4.95. The van der Waals surface area contributed by atoms with E-state index in [0.29, 0.717) is 30.4 Å². The lowest BCUT2D eigenvalue weighted by molar-refractivity contribution is -0.139. The Balaban J connectivity index is 0.000000451. The molecule has 0 saturated carbocycles. The first-order chi connectivity index (χ1) is 15.3. The van der Waals surface area contributed by atoms with E-state index in [1.54, 1.807) is 24.3 Å². The molecule has 1 aliphatic heterocycles. The Morgan fingerprint density at radius 1 is 1.28 bits per heavy atom. The SMILES string of the molecule is C=C/C=C(/C)C=C.CCCOC(=O)C1=C(N)NC2=C(C(=O)CCC2)C1c1ccc(F)cc1. The van der Waals surface area contributed by atoms with Crippen LogP contribution in [-0.4, -0.2) is 18.4 Å². The Kier molecular flexibility index (Phi) is 9.20. The Morgan fingerprint density at radius 3 is 2.53 bits per heavy atom. The summed E-state index contributed by atoms with van der Waals surface area (Å²) in [5.74, 6) is -1.38. The fourth-order valence-electron chi connectivity index (χ4n) is 3.60. The minimum atomic E-state index is -0.631. The normalized spacial score (nSPS) is 18.2. The number of carbonyl (C=O) groups is 2. The van der Waals surface area contributed by atoms with Crippen molar-refractivity contribution in [1.82, 2.24) is 5.32 Å². The van der Waals surface area contributed by atoms with E-state index in [4.69, 9.17) is 10.5 Å². The highest BCUT2D eigenvalue weighted by Gasteiger charge is 2.39. The van der Waals surface area contributed by atoms with Crippen LogP contribution in [0.25, 0.3) is 0 Å². The van der Waals surface area contributed by atoms with Crippen molar-refractivity contribution in [2.24, 2.45) is 5.73 Å². The molecule has 2 aliphatic rings. The van der Waals surface area contributed by atoms with Gasteiger partial charge in [0.25, 0.3) is 0 Å². The molecule has 0 saturated heterocycles. The average molecular weight is 439 g/mol. The topological polar surface area (TPSA) is 81.4 Å². The number of rotatable bonds is 6. The van der Waals surface area contributed by atoms with E-state index >= 15 is 0 Å². The monoisotopic (exact) mass is 438 g/mol. The van der Waals surface area contributed by atoms with Gasteiger partial charge in [-0.2, -0.15) is 0 Å². The van der Waals surface area contributed by atoms with Gasteiger partial charge in [0.1, 0.15) is 11.6 Å². The smallest absolute Gasteiger partial charge is 0.338 e. The van der Waals surface area contributed by atoms with Crippen LogP contribution in [0.4, 0.5) is 4.39 Å². The van der Waals surface area contributed by atoms with E-state index in [0.717, 1.165) is 17.7 Å². The molecule has 0 bridgehead atoms. The van der Waals surface area contributed by atoms with E-state index < -0.39 is 11.9 Å². The minimum Gasteiger partial charge on any atom is -0.462 e. The lowest BCUT2D eigenvalue weighted by Gasteiger charge is -2.33. The number of allylic oxidation sites excluding steroid dienone is 6. The minimum absolute atomic E-state index is 0.0173. The fraction of sp³-hybridized carbons (Fsp3) is 0.308. The number of benzene rings is 1. The van der Waals surface area contributed by atoms with Crippen LogP contribution in [-0.2, 0) is 14.3 Å². The maximum Gasteiger partial charge on any atom is 0.338 e. The lowest BCUT2D eigenvalue weighted by Crippen LogP contribution is -2.38. The van der Waals surface area contributed by atoms with Crippen molar-refractivity contribution in [1.29, 1.82) is 0 Å². The molecule has 32 heavy (non-hydrogen) atoms. The zero-order valence-corrected chi connectivity index (χ0v) is 18.7. The molecule has 1 heterocycles. The molecule has 3 rings (SSSR count). The van der Waals surface area contributed by atoms with Crippen molar-refractivity contribution in [3.63, 3.8) is 0 Å². The quantitative estimate of drug-likeness (QED) is 0.485. The zero-order valence-electron chi connectivity index (χ0n) is 18.7. The zero-order chi connectivity index (χ0) is 23.7. The van der Waals surface area contributed by atoms with Crippen LogP contribution >= 0.6 is 0 Å². The summed E-state index contributed by atoms with van der Waals surface area (Å²) in [6, 6.07) is 5.79. The number of hydrogen-bond acceptors (Lipinski definition) is 5. The number of hydrogen-bond donors (Lipinski definition) is 2. The Hall–Kier alpha value is -3.41. The van der Waals surface area contributed by atoms with Crippen molar-refractivity contribution in [3.8, 4) is 0 Å². The number of carbonyl (C=O) groups excluding carboxylic acids is 2. The maximum atomic E-state index is 13.3. The van der Waals surface area contributed by atoms with E-state index in [1.165, 1.54) is 12.1 Å². The van der Waals surface area contributed by atoms with Crippen molar-refractivity contribution >= 4 is 11.8 Å². The summed E-state index contributed by atoms with van der Waals surface area (Å²) in [4.78, 5) is 25.2. The summed E-state index contributed by atoms with van der Waals surface area (Å²) in [5, 5.41) is 3.01. The van der Waals surface area contributed by atoms with Crippen LogP contribution in [0.3, 0.4) is 0 Å². The van der Waals surface area contributed by atoms with Crippen molar-refractivity contribution in [2.75, 3.05) is 6.61 Å². The number of nitrogens with one attached hydrogen (secondary N) is 1. The summed E-state index contributed by atoms with van der Waals surface area (Å²) in [6.07, 6.45) is 7.99. The molecule has 1 atom stereocenters. The van der Waals surface area contributed by atoms with Crippen molar-refractivity contribution < 1.29 is 18.7 Å². The lowest BCUT2D eigenvalue weighted by atomic mass is 9.76. The van der Waals surface area contributed by atoms with Gasteiger partial charge in [0.2, 0.25) is 0 Å². The van der Waals surface area contributed by atoms with Crippen LogP contribution in [0.1, 0.15) is 51.0 Å². The molecule has 1 aromatic carbocycles. The first-order valence-electron chi connectivity index (χ1n) is 10.7. The summed E-state index contributed by atoms with van der Waals surface area (Å²) in [6.45, 7) is 11.2. The van der Waals surface area contributed by atoms with E-state index in [9.17, 15) is 14.0 Å². The summed E-state index contributed by atoms with van der Waals surface area (Å²) in [7, 11) is 0. The molecule has 0 aromatic heterocycles. The molecule has 170 valence electrons. The third-order valence-corrected chi connectivity index (χ3v) is 5.17. The second kappa shape index (κ2) is 11.8. The average Bonchev–Trinajstić information content (AvgIpc) is 2.78. The van der Waals surface area contributed by atoms with Crippen molar-refractivity contribution in [3.05, 3.63) is 95.3 Å². The third kappa shape index (κ3) is 6.06. The van der Waals surface area contributed by atoms with Gasteiger partial charge >= 0.3 is 5.97 Å². The highest BCUT2D eigenvalue weighted by molar-refractivity contribution is 6.03. The van der Waals surface area contributed by atoms with Crippen LogP contribution in [0.5, 0.6) is 0 Å². The summed E-state index contributed by atoms with van der Waals surface area (Å²) < 4.78 is 18.6. The second-order valence-electron chi connectivity index (χ2n) is 7.59. The Morgan fingerprint density at radius 2 is 1.97 bits per heavy atom. The van der Waals surface area contributed by atoms with Gasteiger partial charge in [-0.1, -0.05) is 56.0 Å². The molecule has 0 fully saturated rings. The molecule has 0 amide bonds. The van der Waals surface area contributed by atoms with Crippen molar-refractivity contribution in [2.45, 2.75) is 45.4 Å². The number of esters is 1. The van der Waals surface area contributed by atoms with E-state index in [-0.39, 0.29) is 29.6 Å².